The molecule has 0 unspecified atom stereocenters. The van der Waals surface area contributed by atoms with Crippen LogP contribution in [0.3, 0.4) is 0 Å². The Labute approximate surface area is 164 Å². The van der Waals surface area contributed by atoms with Gasteiger partial charge in [-0.05, 0) is 13.0 Å². The minimum atomic E-state index is 0.128. The zero-order chi connectivity index (χ0) is 19.3. The highest BCUT2D eigenvalue weighted by Crippen LogP contribution is 2.21. The summed E-state index contributed by atoms with van der Waals surface area (Å²) in [6, 6.07) is 9.92. The Kier molecular flexibility index (Phi) is 5.32. The van der Waals surface area contributed by atoms with Crippen LogP contribution in [0.2, 0.25) is 0 Å². The van der Waals surface area contributed by atoms with Crippen LogP contribution in [0.25, 0.3) is 11.3 Å². The van der Waals surface area contributed by atoms with Crippen LogP contribution in [0.5, 0.6) is 0 Å². The second-order valence-corrected chi connectivity index (χ2v) is 6.90. The molecule has 1 aromatic carbocycles. The van der Waals surface area contributed by atoms with Gasteiger partial charge in [0.05, 0.1) is 6.20 Å². The summed E-state index contributed by atoms with van der Waals surface area (Å²) < 4.78 is 5.82. The molecule has 4 rings (SSSR count). The average Bonchev–Trinajstić information content (AvgIpc) is 3.22. The molecular weight excluding hydrogens is 354 g/mol. The summed E-state index contributed by atoms with van der Waals surface area (Å²) >= 11 is 0. The van der Waals surface area contributed by atoms with E-state index in [-0.39, 0.29) is 5.91 Å². The van der Waals surface area contributed by atoms with Crippen molar-refractivity contribution >= 4 is 11.9 Å². The molecule has 2 aromatic heterocycles. The fourth-order valence-electron chi connectivity index (χ4n) is 3.26. The monoisotopic (exact) mass is 377 g/mol. The van der Waals surface area contributed by atoms with Crippen molar-refractivity contribution in [1.82, 2.24) is 19.9 Å². The number of hydrogen-bond donors (Lipinski definition) is 0. The number of anilines is 1. The zero-order valence-electron chi connectivity index (χ0n) is 15.9. The first-order chi connectivity index (χ1) is 13.7. The Morgan fingerprint density at radius 2 is 1.75 bits per heavy atom. The van der Waals surface area contributed by atoms with Gasteiger partial charge in [-0.25, -0.2) is 15.0 Å². The molecule has 1 aliphatic rings. The van der Waals surface area contributed by atoms with Gasteiger partial charge in [0.25, 0.3) is 0 Å². The van der Waals surface area contributed by atoms with Crippen molar-refractivity contribution in [1.29, 1.82) is 0 Å². The number of carbonyl (C=O) groups excluding carboxylic acids is 1. The number of aromatic nitrogens is 3. The molecule has 1 amide bonds. The van der Waals surface area contributed by atoms with E-state index in [1.807, 2.05) is 36.1 Å². The fraction of sp³-hybridized carbons (Fsp3) is 0.333. The van der Waals surface area contributed by atoms with Gasteiger partial charge in [0.2, 0.25) is 11.9 Å². The van der Waals surface area contributed by atoms with Crippen LogP contribution in [0.1, 0.15) is 17.9 Å². The van der Waals surface area contributed by atoms with Gasteiger partial charge < -0.3 is 14.2 Å². The summed E-state index contributed by atoms with van der Waals surface area (Å²) in [6.45, 7) is 4.89. The standard InChI is InChI=1S/C21H23N5O2/c1-16-3-5-17(6-4-16)18-15-24-19(28-18)7-8-20(27)25-11-13-26(14-12-25)21-22-9-2-10-23-21/h2-6,9-10,15H,7-8,11-14H2,1H3. The van der Waals surface area contributed by atoms with Gasteiger partial charge in [-0.3, -0.25) is 4.79 Å². The van der Waals surface area contributed by atoms with Crippen LogP contribution in [0.15, 0.2) is 53.3 Å². The smallest absolute Gasteiger partial charge is 0.225 e. The first kappa shape index (κ1) is 18.2. The van der Waals surface area contributed by atoms with Crippen molar-refractivity contribution in [3.63, 3.8) is 0 Å². The molecule has 0 spiro atoms. The summed E-state index contributed by atoms with van der Waals surface area (Å²) in [5.41, 5.74) is 2.20. The van der Waals surface area contributed by atoms with Crippen molar-refractivity contribution in [3.8, 4) is 11.3 Å². The molecule has 28 heavy (non-hydrogen) atoms. The largest absolute Gasteiger partial charge is 0.441 e. The van der Waals surface area contributed by atoms with Crippen LogP contribution in [-0.2, 0) is 11.2 Å². The van der Waals surface area contributed by atoms with E-state index >= 15 is 0 Å². The molecule has 144 valence electrons. The summed E-state index contributed by atoms with van der Waals surface area (Å²) in [4.78, 5) is 29.4. The lowest BCUT2D eigenvalue weighted by molar-refractivity contribution is -0.131. The second-order valence-electron chi connectivity index (χ2n) is 6.90. The van der Waals surface area contributed by atoms with E-state index in [1.165, 1.54) is 5.56 Å². The van der Waals surface area contributed by atoms with Gasteiger partial charge in [-0.2, -0.15) is 0 Å². The zero-order valence-corrected chi connectivity index (χ0v) is 15.9. The van der Waals surface area contributed by atoms with E-state index in [0.717, 1.165) is 30.4 Å². The molecule has 1 saturated heterocycles. The fourth-order valence-corrected chi connectivity index (χ4v) is 3.26. The van der Waals surface area contributed by atoms with E-state index in [1.54, 1.807) is 24.7 Å². The van der Waals surface area contributed by atoms with Gasteiger partial charge in [0.1, 0.15) is 0 Å². The summed E-state index contributed by atoms with van der Waals surface area (Å²) in [5.74, 6) is 2.18. The molecule has 0 saturated carbocycles. The molecule has 0 bridgehead atoms. The van der Waals surface area contributed by atoms with Crippen LogP contribution >= 0.6 is 0 Å². The van der Waals surface area contributed by atoms with Crippen LogP contribution in [0, 0.1) is 6.92 Å². The Morgan fingerprint density at radius 3 is 2.46 bits per heavy atom. The molecule has 1 aliphatic heterocycles. The number of hydrogen-bond acceptors (Lipinski definition) is 6. The Bertz CT molecular complexity index is 915. The Hall–Kier alpha value is -3.22. The third kappa shape index (κ3) is 4.19. The molecule has 0 N–H and O–H groups in total. The lowest BCUT2D eigenvalue weighted by Crippen LogP contribution is -2.49. The van der Waals surface area contributed by atoms with Gasteiger partial charge in [-0.15, -0.1) is 0 Å². The van der Waals surface area contributed by atoms with E-state index in [4.69, 9.17) is 4.42 Å². The van der Waals surface area contributed by atoms with Crippen LogP contribution in [0.4, 0.5) is 5.95 Å². The van der Waals surface area contributed by atoms with Gasteiger partial charge in [0.15, 0.2) is 11.7 Å². The van der Waals surface area contributed by atoms with Gasteiger partial charge in [-0.1, -0.05) is 29.8 Å². The normalized spacial score (nSPS) is 14.3. The second kappa shape index (κ2) is 8.21. The number of piperazine rings is 1. The number of carbonyl (C=O) groups is 1. The predicted molar refractivity (Wildman–Crippen MR) is 106 cm³/mol. The highest BCUT2D eigenvalue weighted by molar-refractivity contribution is 5.76. The molecule has 0 aliphatic carbocycles. The van der Waals surface area contributed by atoms with Crippen LogP contribution in [-0.4, -0.2) is 51.9 Å². The number of nitrogens with zero attached hydrogens (tertiary/aromatic N) is 5. The Balaban J connectivity index is 1.28. The molecule has 3 heterocycles. The van der Waals surface area contributed by atoms with Crippen molar-refractivity contribution in [2.75, 3.05) is 31.1 Å². The number of aryl methyl sites for hydroxylation is 2. The van der Waals surface area contributed by atoms with Gasteiger partial charge >= 0.3 is 0 Å². The summed E-state index contributed by atoms with van der Waals surface area (Å²) in [7, 11) is 0. The van der Waals surface area contributed by atoms with E-state index in [0.29, 0.717) is 31.8 Å². The maximum Gasteiger partial charge on any atom is 0.225 e. The number of benzene rings is 1. The van der Waals surface area contributed by atoms with Crippen molar-refractivity contribution in [2.45, 2.75) is 19.8 Å². The van der Waals surface area contributed by atoms with Crippen molar-refractivity contribution < 1.29 is 9.21 Å². The summed E-state index contributed by atoms with van der Waals surface area (Å²) in [5, 5.41) is 0. The molecule has 7 heteroatoms. The Morgan fingerprint density at radius 1 is 1.04 bits per heavy atom. The molecule has 3 aromatic rings. The number of amides is 1. The lowest BCUT2D eigenvalue weighted by atomic mass is 10.1. The molecule has 7 nitrogen and oxygen atoms in total. The van der Waals surface area contributed by atoms with E-state index in [9.17, 15) is 4.79 Å². The van der Waals surface area contributed by atoms with Crippen LogP contribution < -0.4 is 4.90 Å². The highest BCUT2D eigenvalue weighted by Gasteiger charge is 2.22. The number of rotatable bonds is 5. The quantitative estimate of drug-likeness (QED) is 0.681. The molecule has 0 radical (unpaired) electrons. The third-order valence-electron chi connectivity index (χ3n) is 4.91. The summed E-state index contributed by atoms with van der Waals surface area (Å²) in [6.07, 6.45) is 6.10. The minimum absolute atomic E-state index is 0.128. The lowest BCUT2D eigenvalue weighted by Gasteiger charge is -2.34. The first-order valence-electron chi connectivity index (χ1n) is 9.50. The predicted octanol–water partition coefficient (Wildman–Crippen LogP) is 2.72. The maximum atomic E-state index is 12.5. The minimum Gasteiger partial charge on any atom is -0.441 e. The maximum absolute atomic E-state index is 12.5. The highest BCUT2D eigenvalue weighted by atomic mass is 16.4. The van der Waals surface area contributed by atoms with Crippen molar-refractivity contribution in [3.05, 3.63) is 60.4 Å². The van der Waals surface area contributed by atoms with Gasteiger partial charge in [0, 0.05) is 57.0 Å². The first-order valence-corrected chi connectivity index (χ1v) is 9.50. The van der Waals surface area contributed by atoms with Crippen molar-refractivity contribution in [2.24, 2.45) is 0 Å². The third-order valence-corrected chi connectivity index (χ3v) is 4.91. The number of oxazole rings is 1. The molecule has 1 fully saturated rings. The average molecular weight is 377 g/mol. The van der Waals surface area contributed by atoms with E-state index in [2.05, 4.69) is 19.9 Å². The van der Waals surface area contributed by atoms with E-state index < -0.39 is 0 Å². The topological polar surface area (TPSA) is 75.4 Å². The molecule has 0 atom stereocenters. The molecular formula is C21H23N5O2. The SMILES string of the molecule is Cc1ccc(-c2cnc(CCC(=O)N3CCN(c4ncccn4)CC3)o2)cc1.